The fourth-order valence-electron chi connectivity index (χ4n) is 2.00. The molecule has 0 aliphatic carbocycles. The Morgan fingerprint density at radius 2 is 2.35 bits per heavy atom. The molecule has 1 aliphatic heterocycles. The van der Waals surface area contributed by atoms with E-state index >= 15 is 0 Å². The van der Waals surface area contributed by atoms with Gasteiger partial charge in [-0.05, 0) is 12.1 Å². The maximum absolute atomic E-state index is 11.8. The van der Waals surface area contributed by atoms with Crippen molar-refractivity contribution in [1.82, 2.24) is 0 Å². The lowest BCUT2D eigenvalue weighted by molar-refractivity contribution is -0.117. The Balaban J connectivity index is 2.42. The van der Waals surface area contributed by atoms with Crippen LogP contribution < -0.4 is 4.90 Å². The Kier molecular flexibility index (Phi) is 3.32. The first-order chi connectivity index (χ1) is 8.17. The molecule has 0 aromatic heterocycles. The molecular weight excluding hydrogens is 240 g/mol. The van der Waals surface area contributed by atoms with Crippen molar-refractivity contribution < 1.29 is 9.90 Å². The number of nitrogens with zero attached hydrogens (tertiary/aromatic N) is 2. The Morgan fingerprint density at radius 1 is 1.59 bits per heavy atom. The number of carbonyl (C=O) groups is 1. The molecule has 1 aliphatic rings. The highest BCUT2D eigenvalue weighted by Crippen LogP contribution is 2.33. The zero-order chi connectivity index (χ0) is 12.4. The van der Waals surface area contributed by atoms with Gasteiger partial charge in [0, 0.05) is 25.5 Å². The van der Waals surface area contributed by atoms with Gasteiger partial charge in [0.15, 0.2) is 0 Å². The quantitative estimate of drug-likeness (QED) is 0.866. The zero-order valence-corrected chi connectivity index (χ0v) is 9.81. The van der Waals surface area contributed by atoms with E-state index in [9.17, 15) is 4.79 Å². The fourth-order valence-corrected chi connectivity index (χ4v) is 2.28. The van der Waals surface area contributed by atoms with Crippen LogP contribution in [0.15, 0.2) is 18.2 Å². The number of hydrogen-bond donors (Lipinski definition) is 1. The monoisotopic (exact) mass is 250 g/mol. The lowest BCUT2D eigenvalue weighted by Crippen LogP contribution is -2.26. The summed E-state index contributed by atoms with van der Waals surface area (Å²) in [7, 11) is 0. The number of hydrogen-bond acceptors (Lipinski definition) is 3. The van der Waals surface area contributed by atoms with Gasteiger partial charge in [-0.2, -0.15) is 5.26 Å². The topological polar surface area (TPSA) is 64.3 Å². The van der Waals surface area contributed by atoms with Crippen molar-refractivity contribution in [2.75, 3.05) is 18.1 Å². The van der Waals surface area contributed by atoms with Crippen LogP contribution in [0.25, 0.3) is 0 Å². The minimum Gasteiger partial charge on any atom is -0.396 e. The second kappa shape index (κ2) is 4.74. The molecule has 1 fully saturated rings. The Bertz CT molecular complexity index is 496. The molecule has 1 N–H and O–H groups in total. The molecule has 0 saturated carbocycles. The number of benzene rings is 1. The van der Waals surface area contributed by atoms with Crippen molar-refractivity contribution in [3.05, 3.63) is 28.8 Å². The van der Waals surface area contributed by atoms with E-state index in [2.05, 4.69) is 0 Å². The van der Waals surface area contributed by atoms with Crippen LogP contribution in [0.1, 0.15) is 12.0 Å². The number of halogens is 1. The zero-order valence-electron chi connectivity index (χ0n) is 9.06. The maximum atomic E-state index is 11.8. The summed E-state index contributed by atoms with van der Waals surface area (Å²) in [4.78, 5) is 13.3. The van der Waals surface area contributed by atoms with Gasteiger partial charge < -0.3 is 10.0 Å². The van der Waals surface area contributed by atoms with Crippen LogP contribution in [0.2, 0.25) is 5.02 Å². The summed E-state index contributed by atoms with van der Waals surface area (Å²) < 4.78 is 0. The lowest BCUT2D eigenvalue weighted by Gasteiger charge is -2.19. The standard InChI is InChI=1S/C12H11ClN2O2/c13-10-3-1-2-9(5-14)12(10)15-6-8(7-16)4-11(15)17/h1-3,8,16H,4,6-7H2. The number of anilines is 1. The molecule has 1 heterocycles. The molecule has 1 saturated heterocycles. The van der Waals surface area contributed by atoms with Gasteiger partial charge in [-0.25, -0.2) is 0 Å². The first kappa shape index (κ1) is 11.9. The van der Waals surface area contributed by atoms with E-state index in [0.29, 0.717) is 29.2 Å². The maximum Gasteiger partial charge on any atom is 0.227 e. The van der Waals surface area contributed by atoms with E-state index in [4.69, 9.17) is 22.0 Å². The third kappa shape index (κ3) is 2.12. The second-order valence-corrected chi connectivity index (χ2v) is 4.41. The van der Waals surface area contributed by atoms with Gasteiger partial charge in [-0.1, -0.05) is 17.7 Å². The van der Waals surface area contributed by atoms with Gasteiger partial charge in [0.2, 0.25) is 5.91 Å². The van der Waals surface area contributed by atoms with Crippen LogP contribution in [0.5, 0.6) is 0 Å². The summed E-state index contributed by atoms with van der Waals surface area (Å²) in [5, 5.41) is 18.5. The average molecular weight is 251 g/mol. The molecular formula is C12H11ClN2O2. The molecule has 17 heavy (non-hydrogen) atoms. The number of aliphatic hydroxyl groups excluding tert-OH is 1. The Morgan fingerprint density at radius 3 is 2.94 bits per heavy atom. The molecule has 1 unspecified atom stereocenters. The highest BCUT2D eigenvalue weighted by atomic mass is 35.5. The van der Waals surface area contributed by atoms with Gasteiger partial charge in [0.25, 0.3) is 0 Å². The van der Waals surface area contributed by atoms with Crippen molar-refractivity contribution in [2.45, 2.75) is 6.42 Å². The minimum absolute atomic E-state index is 0.0332. The van der Waals surface area contributed by atoms with Crippen molar-refractivity contribution in [3.8, 4) is 6.07 Å². The molecule has 1 aromatic carbocycles. The number of para-hydroxylation sites is 1. The summed E-state index contributed by atoms with van der Waals surface area (Å²) in [6.45, 7) is 0.377. The normalized spacial score (nSPS) is 19.5. The smallest absolute Gasteiger partial charge is 0.227 e. The van der Waals surface area contributed by atoms with E-state index in [-0.39, 0.29) is 18.4 Å². The molecule has 2 rings (SSSR count). The first-order valence-corrected chi connectivity index (χ1v) is 5.65. The van der Waals surface area contributed by atoms with E-state index in [0.717, 1.165) is 0 Å². The minimum atomic E-state index is -0.103. The molecule has 0 bridgehead atoms. The predicted octanol–water partition coefficient (Wildman–Crippen LogP) is 1.56. The van der Waals surface area contributed by atoms with Crippen LogP contribution in [0.3, 0.4) is 0 Å². The van der Waals surface area contributed by atoms with Gasteiger partial charge >= 0.3 is 0 Å². The number of carbonyl (C=O) groups excluding carboxylic acids is 1. The van der Waals surface area contributed by atoms with Gasteiger partial charge in [-0.3, -0.25) is 4.79 Å². The third-order valence-electron chi connectivity index (χ3n) is 2.84. The van der Waals surface area contributed by atoms with Crippen LogP contribution in [-0.4, -0.2) is 24.2 Å². The van der Waals surface area contributed by atoms with Crippen LogP contribution in [0.4, 0.5) is 5.69 Å². The average Bonchev–Trinajstić information content (AvgIpc) is 2.70. The summed E-state index contributed by atoms with van der Waals surface area (Å²) in [6.07, 6.45) is 0.298. The fraction of sp³-hybridized carbons (Fsp3) is 0.333. The Labute approximate surface area is 104 Å². The molecule has 1 amide bonds. The van der Waals surface area contributed by atoms with Crippen LogP contribution in [-0.2, 0) is 4.79 Å². The van der Waals surface area contributed by atoms with Crippen molar-refractivity contribution in [2.24, 2.45) is 5.92 Å². The number of aliphatic hydroxyl groups is 1. The van der Waals surface area contributed by atoms with E-state index < -0.39 is 0 Å². The third-order valence-corrected chi connectivity index (χ3v) is 3.15. The molecule has 0 radical (unpaired) electrons. The molecule has 1 aromatic rings. The Hall–Kier alpha value is -1.57. The highest BCUT2D eigenvalue weighted by Gasteiger charge is 2.32. The molecule has 5 heteroatoms. The van der Waals surface area contributed by atoms with E-state index in [1.807, 2.05) is 6.07 Å². The largest absolute Gasteiger partial charge is 0.396 e. The lowest BCUT2D eigenvalue weighted by atomic mass is 10.1. The van der Waals surface area contributed by atoms with Crippen LogP contribution >= 0.6 is 11.6 Å². The number of nitriles is 1. The summed E-state index contributed by atoms with van der Waals surface area (Å²) in [5.41, 5.74) is 0.835. The van der Waals surface area contributed by atoms with Crippen molar-refractivity contribution in [3.63, 3.8) is 0 Å². The van der Waals surface area contributed by atoms with Crippen LogP contribution in [0, 0.1) is 17.2 Å². The van der Waals surface area contributed by atoms with E-state index in [1.54, 1.807) is 18.2 Å². The molecule has 1 atom stereocenters. The first-order valence-electron chi connectivity index (χ1n) is 5.27. The second-order valence-electron chi connectivity index (χ2n) is 4.00. The number of rotatable bonds is 2. The van der Waals surface area contributed by atoms with Gasteiger partial charge in [-0.15, -0.1) is 0 Å². The molecule has 0 spiro atoms. The van der Waals surface area contributed by atoms with Gasteiger partial charge in [0.1, 0.15) is 6.07 Å². The van der Waals surface area contributed by atoms with E-state index in [1.165, 1.54) is 4.90 Å². The summed E-state index contributed by atoms with van der Waals surface area (Å²) in [6, 6.07) is 6.98. The van der Waals surface area contributed by atoms with Crippen molar-refractivity contribution >= 4 is 23.2 Å². The predicted molar refractivity (Wildman–Crippen MR) is 63.7 cm³/mol. The summed E-state index contributed by atoms with van der Waals surface area (Å²) >= 11 is 6.04. The highest BCUT2D eigenvalue weighted by molar-refractivity contribution is 6.34. The molecule has 4 nitrogen and oxygen atoms in total. The summed E-state index contributed by atoms with van der Waals surface area (Å²) in [5.74, 6) is -0.182. The van der Waals surface area contributed by atoms with Crippen molar-refractivity contribution in [1.29, 1.82) is 5.26 Å². The van der Waals surface area contributed by atoms with Gasteiger partial charge in [0.05, 0.1) is 16.3 Å². The SMILES string of the molecule is N#Cc1cccc(Cl)c1N1CC(CO)CC1=O. The molecule has 88 valence electrons. The number of amides is 1.